The van der Waals surface area contributed by atoms with Crippen molar-refractivity contribution in [1.29, 1.82) is 0 Å². The van der Waals surface area contributed by atoms with E-state index in [1.165, 1.54) is 10.9 Å². The molecule has 0 spiro atoms. The molecule has 2 rings (SSSR count). The summed E-state index contributed by atoms with van der Waals surface area (Å²) < 4.78 is 7.06. The van der Waals surface area contributed by atoms with E-state index in [4.69, 9.17) is 4.74 Å². The Bertz CT molecular complexity index is 406. The lowest BCUT2D eigenvalue weighted by Crippen LogP contribution is -2.44. The van der Waals surface area contributed by atoms with Crippen molar-refractivity contribution in [3.8, 4) is 0 Å². The minimum atomic E-state index is -0.665. The molecular weight excluding hydrogens is 218 g/mol. The highest BCUT2D eigenvalue weighted by atomic mass is 16.5. The molecule has 0 atom stereocenters. The first-order valence-corrected chi connectivity index (χ1v) is 6.04. The molecule has 1 saturated carbocycles. The van der Waals surface area contributed by atoms with Gasteiger partial charge in [-0.25, -0.2) is 4.68 Å². The molecule has 0 aromatic carbocycles. The second kappa shape index (κ2) is 4.56. The van der Waals surface area contributed by atoms with E-state index in [-0.39, 0.29) is 5.78 Å². The zero-order valence-electron chi connectivity index (χ0n) is 10.6. The number of nitrogens with zero attached hydrogens (tertiary/aromatic N) is 3. The molecule has 0 aliphatic heterocycles. The van der Waals surface area contributed by atoms with Crippen molar-refractivity contribution in [2.75, 3.05) is 7.11 Å². The second-order valence-electron chi connectivity index (χ2n) is 4.95. The fourth-order valence-corrected chi connectivity index (χ4v) is 2.48. The molecule has 0 N–H and O–H groups in total. The lowest BCUT2D eigenvalue weighted by molar-refractivity contribution is -0.0269. The monoisotopic (exact) mass is 237 g/mol. The standard InChI is InChI=1S/C12H19N3O2/c1-9-4-6-12(17-3,7-5-9)11(16)10-8-13-14-15(10)2/h8-9H,4-7H2,1-3H3. The largest absolute Gasteiger partial charge is 0.370 e. The number of aryl methyl sites for hydroxylation is 1. The lowest BCUT2D eigenvalue weighted by atomic mass is 9.76. The van der Waals surface area contributed by atoms with Gasteiger partial charge in [-0.05, 0) is 31.6 Å². The summed E-state index contributed by atoms with van der Waals surface area (Å²) in [6.45, 7) is 2.22. The number of ether oxygens (including phenoxy) is 1. The number of methoxy groups -OCH3 is 1. The minimum Gasteiger partial charge on any atom is -0.370 e. The summed E-state index contributed by atoms with van der Waals surface area (Å²) in [6.07, 6.45) is 5.15. The van der Waals surface area contributed by atoms with E-state index in [0.29, 0.717) is 11.6 Å². The molecule has 1 aromatic rings. The van der Waals surface area contributed by atoms with Crippen LogP contribution in [0.3, 0.4) is 0 Å². The second-order valence-corrected chi connectivity index (χ2v) is 4.95. The number of hydrogen-bond donors (Lipinski definition) is 0. The zero-order chi connectivity index (χ0) is 12.5. The van der Waals surface area contributed by atoms with E-state index in [1.807, 2.05) is 0 Å². The molecule has 5 heteroatoms. The van der Waals surface area contributed by atoms with Crippen molar-refractivity contribution in [3.05, 3.63) is 11.9 Å². The predicted molar refractivity (Wildman–Crippen MR) is 62.7 cm³/mol. The van der Waals surface area contributed by atoms with Crippen LogP contribution in [-0.2, 0) is 11.8 Å². The van der Waals surface area contributed by atoms with Crippen molar-refractivity contribution >= 4 is 5.78 Å². The van der Waals surface area contributed by atoms with Gasteiger partial charge in [-0.1, -0.05) is 12.1 Å². The third-order valence-electron chi connectivity index (χ3n) is 3.83. The van der Waals surface area contributed by atoms with Crippen LogP contribution in [0.4, 0.5) is 0 Å². The fraction of sp³-hybridized carbons (Fsp3) is 0.750. The van der Waals surface area contributed by atoms with Crippen LogP contribution in [0.1, 0.15) is 43.1 Å². The van der Waals surface area contributed by atoms with Crippen LogP contribution in [0, 0.1) is 5.92 Å². The molecule has 94 valence electrons. The summed E-state index contributed by atoms with van der Waals surface area (Å²) in [5.74, 6) is 0.690. The highest BCUT2D eigenvalue weighted by molar-refractivity contribution is 6.01. The Kier molecular flexibility index (Phi) is 3.28. The minimum absolute atomic E-state index is 0.0133. The smallest absolute Gasteiger partial charge is 0.214 e. The van der Waals surface area contributed by atoms with Gasteiger partial charge in [-0.2, -0.15) is 0 Å². The summed E-state index contributed by atoms with van der Waals surface area (Å²) in [4.78, 5) is 12.5. The fourth-order valence-electron chi connectivity index (χ4n) is 2.48. The van der Waals surface area contributed by atoms with Crippen LogP contribution in [-0.4, -0.2) is 33.5 Å². The van der Waals surface area contributed by atoms with Gasteiger partial charge >= 0.3 is 0 Å². The van der Waals surface area contributed by atoms with Crippen molar-refractivity contribution < 1.29 is 9.53 Å². The summed E-state index contributed by atoms with van der Waals surface area (Å²) in [7, 11) is 3.35. The predicted octanol–water partition coefficient (Wildman–Crippen LogP) is 1.59. The number of ketones is 1. The van der Waals surface area contributed by atoms with Crippen molar-refractivity contribution in [3.63, 3.8) is 0 Å². The highest BCUT2D eigenvalue weighted by Gasteiger charge is 2.42. The zero-order valence-corrected chi connectivity index (χ0v) is 10.6. The Labute approximate surface area is 101 Å². The Morgan fingerprint density at radius 2 is 2.18 bits per heavy atom. The van der Waals surface area contributed by atoms with Gasteiger partial charge in [0.05, 0.1) is 6.20 Å². The number of rotatable bonds is 3. The average Bonchev–Trinajstić information content (AvgIpc) is 2.76. The Morgan fingerprint density at radius 1 is 1.53 bits per heavy atom. The van der Waals surface area contributed by atoms with Gasteiger partial charge < -0.3 is 4.74 Å². The number of carbonyl (C=O) groups is 1. The molecule has 1 aromatic heterocycles. The van der Waals surface area contributed by atoms with E-state index in [9.17, 15) is 4.79 Å². The molecule has 0 bridgehead atoms. The number of aromatic nitrogens is 3. The van der Waals surface area contributed by atoms with Crippen LogP contribution in [0.25, 0.3) is 0 Å². The van der Waals surface area contributed by atoms with Crippen molar-refractivity contribution in [2.24, 2.45) is 13.0 Å². The molecule has 0 saturated heterocycles. The normalized spacial score (nSPS) is 29.2. The van der Waals surface area contributed by atoms with Gasteiger partial charge in [0.25, 0.3) is 0 Å². The first-order chi connectivity index (χ1) is 8.09. The number of Topliss-reactive ketones (excluding diaryl/α,β-unsaturated/α-hetero) is 1. The molecule has 1 heterocycles. The van der Waals surface area contributed by atoms with Gasteiger partial charge in [0, 0.05) is 14.2 Å². The average molecular weight is 237 g/mol. The summed E-state index contributed by atoms with van der Waals surface area (Å²) >= 11 is 0. The maximum atomic E-state index is 12.5. The third-order valence-corrected chi connectivity index (χ3v) is 3.83. The van der Waals surface area contributed by atoms with Gasteiger partial charge in [-0.3, -0.25) is 4.79 Å². The first kappa shape index (κ1) is 12.2. The summed E-state index contributed by atoms with van der Waals surface area (Å²) in [5.41, 5.74) is -0.136. The molecule has 0 unspecified atom stereocenters. The van der Waals surface area contributed by atoms with Crippen LogP contribution >= 0.6 is 0 Å². The van der Waals surface area contributed by atoms with E-state index < -0.39 is 5.60 Å². The Morgan fingerprint density at radius 3 is 2.65 bits per heavy atom. The van der Waals surface area contributed by atoms with Gasteiger partial charge in [0.1, 0.15) is 11.3 Å². The molecule has 1 aliphatic carbocycles. The van der Waals surface area contributed by atoms with Crippen LogP contribution in [0.15, 0.2) is 6.20 Å². The molecule has 0 radical (unpaired) electrons. The summed E-state index contributed by atoms with van der Waals surface area (Å²) in [5, 5.41) is 7.56. The van der Waals surface area contributed by atoms with Gasteiger partial charge in [0.2, 0.25) is 5.78 Å². The van der Waals surface area contributed by atoms with Crippen LogP contribution < -0.4 is 0 Å². The van der Waals surface area contributed by atoms with E-state index in [1.54, 1.807) is 14.2 Å². The highest BCUT2D eigenvalue weighted by Crippen LogP contribution is 2.36. The molecule has 1 aliphatic rings. The topological polar surface area (TPSA) is 57.0 Å². The van der Waals surface area contributed by atoms with Crippen LogP contribution in [0.2, 0.25) is 0 Å². The molecule has 5 nitrogen and oxygen atoms in total. The van der Waals surface area contributed by atoms with Crippen LogP contribution in [0.5, 0.6) is 0 Å². The molecule has 0 amide bonds. The van der Waals surface area contributed by atoms with Crippen molar-refractivity contribution in [2.45, 2.75) is 38.2 Å². The van der Waals surface area contributed by atoms with Crippen molar-refractivity contribution in [1.82, 2.24) is 15.0 Å². The third kappa shape index (κ3) is 2.11. The lowest BCUT2D eigenvalue weighted by Gasteiger charge is -2.36. The SMILES string of the molecule is COC1(C(=O)c2cnnn2C)CCC(C)CC1. The van der Waals surface area contributed by atoms with E-state index in [0.717, 1.165) is 25.7 Å². The van der Waals surface area contributed by atoms with E-state index in [2.05, 4.69) is 17.2 Å². The molecular formula is C12H19N3O2. The molecule has 1 fully saturated rings. The van der Waals surface area contributed by atoms with Gasteiger partial charge in [-0.15, -0.1) is 5.10 Å². The van der Waals surface area contributed by atoms with E-state index >= 15 is 0 Å². The quantitative estimate of drug-likeness (QED) is 0.749. The number of carbonyl (C=O) groups excluding carboxylic acids is 1. The maximum absolute atomic E-state index is 12.5. The number of hydrogen-bond acceptors (Lipinski definition) is 4. The van der Waals surface area contributed by atoms with Gasteiger partial charge in [0.15, 0.2) is 0 Å². The maximum Gasteiger partial charge on any atom is 0.214 e. The Balaban J connectivity index is 2.24. The summed E-state index contributed by atoms with van der Waals surface area (Å²) in [6, 6.07) is 0. The Hall–Kier alpha value is -1.23. The first-order valence-electron chi connectivity index (χ1n) is 6.04. The molecule has 17 heavy (non-hydrogen) atoms.